The van der Waals surface area contributed by atoms with Crippen molar-refractivity contribution >= 4 is 11.9 Å². The third-order valence-electron chi connectivity index (χ3n) is 9.09. The summed E-state index contributed by atoms with van der Waals surface area (Å²) >= 11 is 0. The quantitative estimate of drug-likeness (QED) is 0.360. The van der Waals surface area contributed by atoms with Crippen LogP contribution >= 0.6 is 0 Å². The molecule has 2 aromatic carbocycles. The number of piperazine rings is 1. The van der Waals surface area contributed by atoms with Crippen molar-refractivity contribution in [3.63, 3.8) is 0 Å². The fourth-order valence-corrected chi connectivity index (χ4v) is 6.72. The van der Waals surface area contributed by atoms with Crippen molar-refractivity contribution < 1.29 is 23.8 Å². The van der Waals surface area contributed by atoms with E-state index in [4.69, 9.17) is 4.74 Å². The fourth-order valence-electron chi connectivity index (χ4n) is 6.72. The molecular formula is C32H38FN5O4. The van der Waals surface area contributed by atoms with Gasteiger partial charge in [-0.2, -0.15) is 0 Å². The molecule has 9 nitrogen and oxygen atoms in total. The SMILES string of the molecule is COc1ccc2c(c1F)C(O)N(C[C@]1(C#Cc3ccc(CN4CCN(C5CCCCC5)CC4)cc3)NC(=O)NC1=O)C2. The first kappa shape index (κ1) is 28.6. The average Bonchev–Trinajstić information content (AvgIpc) is 3.47. The summed E-state index contributed by atoms with van der Waals surface area (Å²) in [7, 11) is 1.36. The number of benzene rings is 2. The van der Waals surface area contributed by atoms with Crippen molar-refractivity contribution in [3.05, 3.63) is 64.5 Å². The van der Waals surface area contributed by atoms with Gasteiger partial charge in [-0.25, -0.2) is 9.18 Å². The summed E-state index contributed by atoms with van der Waals surface area (Å²) in [5.41, 5.74) is 0.990. The molecule has 10 heteroatoms. The third-order valence-corrected chi connectivity index (χ3v) is 9.09. The zero-order valence-corrected chi connectivity index (χ0v) is 24.0. The number of imide groups is 1. The zero-order chi connectivity index (χ0) is 29.3. The van der Waals surface area contributed by atoms with Crippen molar-refractivity contribution in [1.82, 2.24) is 25.3 Å². The van der Waals surface area contributed by atoms with Crippen LogP contribution in [-0.4, -0.2) is 83.2 Å². The highest BCUT2D eigenvalue weighted by Crippen LogP contribution is 2.38. The number of rotatable bonds is 6. The second-order valence-corrected chi connectivity index (χ2v) is 11.8. The van der Waals surface area contributed by atoms with Gasteiger partial charge < -0.3 is 15.2 Å². The van der Waals surface area contributed by atoms with Crippen LogP contribution in [0.2, 0.25) is 0 Å². The number of ether oxygens (including phenoxy) is 1. The lowest BCUT2D eigenvalue weighted by atomic mass is 9.94. The van der Waals surface area contributed by atoms with Crippen molar-refractivity contribution in [2.75, 3.05) is 39.8 Å². The van der Waals surface area contributed by atoms with E-state index in [2.05, 4.69) is 44.4 Å². The van der Waals surface area contributed by atoms with Crippen molar-refractivity contribution in [3.8, 4) is 17.6 Å². The summed E-state index contributed by atoms with van der Waals surface area (Å²) in [6, 6.07) is 11.2. The van der Waals surface area contributed by atoms with Crippen LogP contribution in [-0.2, 0) is 17.9 Å². The molecule has 1 unspecified atom stereocenters. The summed E-state index contributed by atoms with van der Waals surface area (Å²) in [6.07, 6.45) is 5.48. The molecule has 3 N–H and O–H groups in total. The number of nitrogens with zero attached hydrogens (tertiary/aromatic N) is 3. The third kappa shape index (κ3) is 5.75. The van der Waals surface area contributed by atoms with Crippen LogP contribution in [0.3, 0.4) is 0 Å². The highest BCUT2D eigenvalue weighted by Gasteiger charge is 2.49. The van der Waals surface area contributed by atoms with Gasteiger partial charge in [0.2, 0.25) is 0 Å². The van der Waals surface area contributed by atoms with Crippen molar-refractivity contribution in [2.45, 2.75) is 63.0 Å². The smallest absolute Gasteiger partial charge is 0.323 e. The van der Waals surface area contributed by atoms with Gasteiger partial charge in [-0.15, -0.1) is 0 Å². The molecule has 3 amide bonds. The van der Waals surface area contributed by atoms with Crippen LogP contribution in [0.25, 0.3) is 0 Å². The lowest BCUT2D eigenvalue weighted by molar-refractivity contribution is -0.123. The Labute approximate surface area is 246 Å². The topological polar surface area (TPSA) is 97.4 Å². The Kier molecular flexibility index (Phi) is 8.19. The highest BCUT2D eigenvalue weighted by molar-refractivity contribution is 6.09. The van der Waals surface area contributed by atoms with Gasteiger partial charge in [-0.3, -0.25) is 24.8 Å². The second-order valence-electron chi connectivity index (χ2n) is 11.8. The highest BCUT2D eigenvalue weighted by atomic mass is 19.1. The average molecular weight is 576 g/mol. The summed E-state index contributed by atoms with van der Waals surface area (Å²) in [5.74, 6) is 4.78. The molecule has 2 atom stereocenters. The lowest BCUT2D eigenvalue weighted by Gasteiger charge is -2.40. The first-order chi connectivity index (χ1) is 20.3. The summed E-state index contributed by atoms with van der Waals surface area (Å²) in [5, 5.41) is 15.8. The normalized spacial score (nSPS) is 25.5. The molecular weight excluding hydrogens is 537 g/mol. The van der Waals surface area contributed by atoms with E-state index < -0.39 is 29.5 Å². The van der Waals surface area contributed by atoms with Gasteiger partial charge >= 0.3 is 6.03 Å². The number of carbonyl (C=O) groups is 2. The Hall–Kier alpha value is -3.49. The maximum absolute atomic E-state index is 14.9. The minimum absolute atomic E-state index is 0.0289. The van der Waals surface area contributed by atoms with Crippen LogP contribution < -0.4 is 15.4 Å². The lowest BCUT2D eigenvalue weighted by Crippen LogP contribution is -2.54. The molecule has 4 aliphatic rings. The number of hydrogen-bond acceptors (Lipinski definition) is 7. The Morgan fingerprint density at radius 3 is 2.45 bits per heavy atom. The monoisotopic (exact) mass is 575 g/mol. The summed E-state index contributed by atoms with van der Waals surface area (Å²) in [4.78, 5) is 31.8. The molecule has 3 fully saturated rings. The van der Waals surface area contributed by atoms with E-state index >= 15 is 0 Å². The van der Waals surface area contributed by atoms with E-state index in [0.29, 0.717) is 11.1 Å². The Balaban J connectivity index is 1.11. The van der Waals surface area contributed by atoms with Crippen molar-refractivity contribution in [1.29, 1.82) is 0 Å². The van der Waals surface area contributed by atoms with Crippen LogP contribution in [0.4, 0.5) is 9.18 Å². The van der Waals surface area contributed by atoms with Gasteiger partial charge in [0.15, 0.2) is 17.1 Å². The van der Waals surface area contributed by atoms with Crippen LogP contribution in [0, 0.1) is 17.7 Å². The Bertz CT molecular complexity index is 1390. The number of aliphatic hydroxyl groups excluding tert-OH is 1. The maximum Gasteiger partial charge on any atom is 0.323 e. The van der Waals surface area contributed by atoms with E-state index in [9.17, 15) is 19.1 Å². The van der Waals surface area contributed by atoms with Gasteiger partial charge in [-0.05, 0) is 42.2 Å². The van der Waals surface area contributed by atoms with Gasteiger partial charge in [0.25, 0.3) is 5.91 Å². The van der Waals surface area contributed by atoms with Crippen LogP contribution in [0.1, 0.15) is 60.6 Å². The molecule has 0 spiro atoms. The molecule has 0 bridgehead atoms. The molecule has 6 rings (SSSR count). The van der Waals surface area contributed by atoms with Crippen LogP contribution in [0.15, 0.2) is 36.4 Å². The minimum Gasteiger partial charge on any atom is -0.494 e. The number of amides is 3. The molecule has 1 saturated carbocycles. The molecule has 3 aliphatic heterocycles. The number of fused-ring (bicyclic) bond motifs is 1. The number of carbonyl (C=O) groups excluding carboxylic acids is 2. The Morgan fingerprint density at radius 1 is 1.05 bits per heavy atom. The molecule has 3 heterocycles. The number of aliphatic hydroxyl groups is 1. The first-order valence-electron chi connectivity index (χ1n) is 14.8. The number of halogens is 1. The number of urea groups is 1. The van der Waals surface area contributed by atoms with Gasteiger partial charge in [-0.1, -0.05) is 49.3 Å². The summed E-state index contributed by atoms with van der Waals surface area (Å²) in [6.45, 7) is 5.33. The predicted molar refractivity (Wildman–Crippen MR) is 155 cm³/mol. The molecule has 42 heavy (non-hydrogen) atoms. The minimum atomic E-state index is -1.60. The molecule has 1 aliphatic carbocycles. The van der Waals surface area contributed by atoms with Gasteiger partial charge in [0.1, 0.15) is 6.23 Å². The second kappa shape index (κ2) is 12.0. The molecule has 2 aromatic rings. The molecule has 0 radical (unpaired) electrons. The van der Waals surface area contributed by atoms with Gasteiger partial charge in [0.05, 0.1) is 7.11 Å². The number of methoxy groups -OCH3 is 1. The van der Waals surface area contributed by atoms with E-state index in [1.807, 2.05) is 12.1 Å². The van der Waals surface area contributed by atoms with E-state index in [0.717, 1.165) is 38.8 Å². The zero-order valence-electron chi connectivity index (χ0n) is 24.0. The predicted octanol–water partition coefficient (Wildman–Crippen LogP) is 2.72. The van der Waals surface area contributed by atoms with Gasteiger partial charge in [0, 0.05) is 63.0 Å². The number of nitrogens with one attached hydrogen (secondary N) is 2. The standard InChI is InChI=1S/C32H38FN5O4/c1-42-26-12-11-24-20-38(29(39)27(24)28(26)33)21-32(30(40)34-31(41)35-32)14-13-22-7-9-23(10-8-22)19-36-15-17-37(18-16-36)25-5-3-2-4-6-25/h7-12,25,29,39H,2-6,15-21H2,1H3,(H2,34,35,40,41)/t29?,32-/m0/s1. The van der Waals surface area contributed by atoms with E-state index in [1.54, 1.807) is 6.07 Å². The van der Waals surface area contributed by atoms with E-state index in [-0.39, 0.29) is 24.4 Å². The van der Waals surface area contributed by atoms with Crippen LogP contribution in [0.5, 0.6) is 5.75 Å². The molecule has 222 valence electrons. The fraction of sp³-hybridized carbons (Fsp3) is 0.500. The first-order valence-corrected chi connectivity index (χ1v) is 14.8. The largest absolute Gasteiger partial charge is 0.494 e. The van der Waals surface area contributed by atoms with Crippen molar-refractivity contribution in [2.24, 2.45) is 0 Å². The maximum atomic E-state index is 14.9. The summed E-state index contributed by atoms with van der Waals surface area (Å²) < 4.78 is 19.9. The Morgan fingerprint density at radius 2 is 1.79 bits per heavy atom. The molecule has 0 aromatic heterocycles. The number of hydrogen-bond donors (Lipinski definition) is 3. The molecule has 2 saturated heterocycles. The van der Waals surface area contributed by atoms with E-state index in [1.165, 1.54) is 55.7 Å².